The summed E-state index contributed by atoms with van der Waals surface area (Å²) in [7, 11) is 0. The topological polar surface area (TPSA) is 34.1 Å². The van der Waals surface area contributed by atoms with Crippen LogP contribution < -0.4 is 0 Å². The number of alkyl halides is 3. The van der Waals surface area contributed by atoms with E-state index in [0.717, 1.165) is 0 Å². The third-order valence-electron chi connectivity index (χ3n) is 2.11. The molecule has 0 saturated heterocycles. The zero-order valence-corrected chi connectivity index (χ0v) is 8.82. The van der Waals surface area contributed by atoms with Gasteiger partial charge in [0.2, 0.25) is 0 Å². The molecule has 0 unspecified atom stereocenters. The van der Waals surface area contributed by atoms with Gasteiger partial charge in [0.1, 0.15) is 6.29 Å². The summed E-state index contributed by atoms with van der Waals surface area (Å²) in [5.74, 6) is 0. The van der Waals surface area contributed by atoms with Gasteiger partial charge in [-0.2, -0.15) is 13.2 Å². The van der Waals surface area contributed by atoms with Gasteiger partial charge < -0.3 is 0 Å². The normalized spacial score (nSPS) is 11.3. The molecule has 1 aromatic rings. The summed E-state index contributed by atoms with van der Waals surface area (Å²) in [5.41, 5.74) is -1.43. The summed E-state index contributed by atoms with van der Waals surface area (Å²) in [6.07, 6.45) is -4.36. The zero-order valence-electron chi connectivity index (χ0n) is 8.06. The molecule has 16 heavy (non-hydrogen) atoms. The van der Waals surface area contributed by atoms with Crippen LogP contribution in [0, 0.1) is 6.92 Å². The van der Waals surface area contributed by atoms with Crippen LogP contribution in [-0.4, -0.2) is 11.5 Å². The predicted octanol–water partition coefficient (Wildman–Crippen LogP) is 3.21. The molecule has 0 aliphatic carbocycles. The van der Waals surface area contributed by atoms with E-state index in [4.69, 9.17) is 11.6 Å². The van der Waals surface area contributed by atoms with Crippen molar-refractivity contribution in [2.24, 2.45) is 0 Å². The highest BCUT2D eigenvalue weighted by Crippen LogP contribution is 2.32. The Kier molecular flexibility index (Phi) is 3.38. The third kappa shape index (κ3) is 2.41. The Bertz CT molecular complexity index is 452. The number of carbonyl (C=O) groups is 2. The molecule has 86 valence electrons. The number of carbonyl (C=O) groups excluding carboxylic acids is 2. The van der Waals surface area contributed by atoms with Crippen molar-refractivity contribution in [3.8, 4) is 0 Å². The van der Waals surface area contributed by atoms with Crippen molar-refractivity contribution in [2.75, 3.05) is 0 Å². The summed E-state index contributed by atoms with van der Waals surface area (Å²) in [6.45, 7) is 1.36. The fourth-order valence-electron chi connectivity index (χ4n) is 1.23. The average Bonchev–Trinajstić information content (AvgIpc) is 2.15. The molecule has 0 atom stereocenters. The number of halogens is 4. The van der Waals surface area contributed by atoms with Crippen molar-refractivity contribution in [1.29, 1.82) is 0 Å². The second-order valence-electron chi connectivity index (χ2n) is 3.13. The Morgan fingerprint density at radius 3 is 2.31 bits per heavy atom. The Hall–Kier alpha value is -1.36. The molecule has 0 aliphatic rings. The van der Waals surface area contributed by atoms with Crippen molar-refractivity contribution in [2.45, 2.75) is 13.1 Å². The standard InChI is InChI=1S/C10H6ClF3O2/c1-5-6(4-15)2-7(10(12,13)14)3-8(5)9(11)16/h2-4H,1H3. The lowest BCUT2D eigenvalue weighted by molar-refractivity contribution is -0.137. The van der Waals surface area contributed by atoms with Crippen molar-refractivity contribution in [1.82, 2.24) is 0 Å². The molecule has 0 aromatic heterocycles. The molecule has 0 fully saturated rings. The van der Waals surface area contributed by atoms with Gasteiger partial charge in [-0.25, -0.2) is 0 Å². The first-order valence-electron chi connectivity index (χ1n) is 4.14. The van der Waals surface area contributed by atoms with Crippen molar-refractivity contribution >= 4 is 23.1 Å². The molecule has 0 heterocycles. The van der Waals surface area contributed by atoms with E-state index in [2.05, 4.69) is 0 Å². The fraction of sp³-hybridized carbons (Fsp3) is 0.200. The summed E-state index contributed by atoms with van der Waals surface area (Å²) in [6, 6.07) is 1.32. The van der Waals surface area contributed by atoms with Crippen LogP contribution in [0.15, 0.2) is 12.1 Å². The average molecular weight is 251 g/mol. The van der Waals surface area contributed by atoms with E-state index in [1.165, 1.54) is 6.92 Å². The fourth-order valence-corrected chi connectivity index (χ4v) is 1.42. The molecule has 2 nitrogen and oxygen atoms in total. The molecular formula is C10H6ClF3O2. The first-order chi connectivity index (χ1) is 7.27. The van der Waals surface area contributed by atoms with Gasteiger partial charge in [0.05, 0.1) is 5.56 Å². The van der Waals surface area contributed by atoms with Crippen LogP contribution >= 0.6 is 11.6 Å². The van der Waals surface area contributed by atoms with E-state index in [1.807, 2.05) is 0 Å². The van der Waals surface area contributed by atoms with Gasteiger partial charge in [-0.15, -0.1) is 0 Å². The molecule has 0 saturated carbocycles. The quantitative estimate of drug-likeness (QED) is 0.597. The lowest BCUT2D eigenvalue weighted by Crippen LogP contribution is -2.09. The number of aldehydes is 1. The molecule has 0 N–H and O–H groups in total. The van der Waals surface area contributed by atoms with Crippen LogP contribution in [0.25, 0.3) is 0 Å². The maximum atomic E-state index is 12.4. The first kappa shape index (κ1) is 12.7. The summed E-state index contributed by atoms with van der Waals surface area (Å²) < 4.78 is 37.2. The Labute approximate surface area is 94.0 Å². The second kappa shape index (κ2) is 4.25. The molecule has 0 aliphatic heterocycles. The molecule has 1 aromatic carbocycles. The number of hydrogen-bond acceptors (Lipinski definition) is 2. The SMILES string of the molecule is Cc1c(C=O)cc(C(F)(F)F)cc1C(=O)Cl. The molecule has 0 amide bonds. The monoisotopic (exact) mass is 250 g/mol. The molecule has 1 rings (SSSR count). The molecule has 0 bridgehead atoms. The van der Waals surface area contributed by atoms with Gasteiger partial charge in [-0.1, -0.05) is 0 Å². The first-order valence-corrected chi connectivity index (χ1v) is 4.52. The van der Waals surface area contributed by atoms with Gasteiger partial charge in [0.15, 0.2) is 0 Å². The minimum absolute atomic E-state index is 0.142. The lowest BCUT2D eigenvalue weighted by Gasteiger charge is -2.11. The highest BCUT2D eigenvalue weighted by atomic mass is 35.5. The molecule has 0 radical (unpaired) electrons. The summed E-state index contributed by atoms with van der Waals surface area (Å²) in [4.78, 5) is 21.5. The van der Waals surface area contributed by atoms with Crippen molar-refractivity contribution in [3.63, 3.8) is 0 Å². The van der Waals surface area contributed by atoms with Gasteiger partial charge in [-0.05, 0) is 36.2 Å². The molecular weight excluding hydrogens is 245 g/mol. The Morgan fingerprint density at radius 2 is 1.94 bits per heavy atom. The van der Waals surface area contributed by atoms with E-state index < -0.39 is 17.0 Å². The minimum Gasteiger partial charge on any atom is -0.298 e. The Morgan fingerprint density at radius 1 is 1.38 bits per heavy atom. The Balaban J connectivity index is 3.52. The number of hydrogen-bond donors (Lipinski definition) is 0. The second-order valence-corrected chi connectivity index (χ2v) is 3.47. The van der Waals surface area contributed by atoms with Gasteiger partial charge in [0.25, 0.3) is 5.24 Å². The largest absolute Gasteiger partial charge is 0.416 e. The zero-order chi connectivity index (χ0) is 12.5. The minimum atomic E-state index is -4.62. The van der Waals surface area contributed by atoms with Crippen LogP contribution in [0.2, 0.25) is 0 Å². The van der Waals surface area contributed by atoms with Crippen LogP contribution in [0.3, 0.4) is 0 Å². The highest BCUT2D eigenvalue weighted by molar-refractivity contribution is 6.68. The maximum absolute atomic E-state index is 12.4. The van der Waals surface area contributed by atoms with Crippen LogP contribution in [0.5, 0.6) is 0 Å². The van der Waals surface area contributed by atoms with E-state index in [0.29, 0.717) is 12.1 Å². The van der Waals surface area contributed by atoms with Crippen LogP contribution in [0.1, 0.15) is 31.8 Å². The van der Waals surface area contributed by atoms with Crippen molar-refractivity contribution < 1.29 is 22.8 Å². The smallest absolute Gasteiger partial charge is 0.298 e. The summed E-state index contributed by atoms with van der Waals surface area (Å²) in [5, 5.41) is -1.02. The predicted molar refractivity (Wildman–Crippen MR) is 51.8 cm³/mol. The van der Waals surface area contributed by atoms with E-state index >= 15 is 0 Å². The highest BCUT2D eigenvalue weighted by Gasteiger charge is 2.32. The van der Waals surface area contributed by atoms with E-state index in [1.54, 1.807) is 0 Å². The third-order valence-corrected chi connectivity index (χ3v) is 2.32. The van der Waals surface area contributed by atoms with E-state index in [9.17, 15) is 22.8 Å². The molecule has 0 spiro atoms. The van der Waals surface area contributed by atoms with Crippen molar-refractivity contribution in [3.05, 3.63) is 34.4 Å². The lowest BCUT2D eigenvalue weighted by atomic mass is 10.00. The van der Waals surface area contributed by atoms with Gasteiger partial charge in [0, 0.05) is 11.1 Å². The van der Waals surface area contributed by atoms with E-state index in [-0.39, 0.29) is 23.0 Å². The number of benzene rings is 1. The maximum Gasteiger partial charge on any atom is 0.416 e. The number of rotatable bonds is 2. The van der Waals surface area contributed by atoms with Crippen LogP contribution in [0.4, 0.5) is 13.2 Å². The molecule has 6 heteroatoms. The van der Waals surface area contributed by atoms with Crippen LogP contribution in [-0.2, 0) is 6.18 Å². The van der Waals surface area contributed by atoms with Gasteiger partial charge >= 0.3 is 6.18 Å². The summed E-state index contributed by atoms with van der Waals surface area (Å²) >= 11 is 5.14. The van der Waals surface area contributed by atoms with Gasteiger partial charge in [-0.3, -0.25) is 9.59 Å².